The molecule has 4 rings (SSSR count). The number of carboxylic acids is 1. The number of allylic oxidation sites excluding steroid dienone is 2. The van der Waals surface area contributed by atoms with Gasteiger partial charge in [-0.25, -0.2) is 0 Å². The quantitative estimate of drug-likeness (QED) is 0.834. The van der Waals surface area contributed by atoms with Crippen LogP contribution < -0.4 is 9.64 Å². The molecule has 26 heavy (non-hydrogen) atoms. The predicted octanol–water partition coefficient (Wildman–Crippen LogP) is 1.87. The van der Waals surface area contributed by atoms with Crippen LogP contribution in [0.4, 0.5) is 5.69 Å². The fourth-order valence-electron chi connectivity index (χ4n) is 4.70. The van der Waals surface area contributed by atoms with Gasteiger partial charge in [-0.15, -0.1) is 0 Å². The molecule has 1 saturated carbocycles. The van der Waals surface area contributed by atoms with E-state index in [-0.39, 0.29) is 17.7 Å². The molecule has 0 spiro atoms. The zero-order valence-electron chi connectivity index (χ0n) is 14.9. The summed E-state index contributed by atoms with van der Waals surface area (Å²) in [5.41, 5.74) is 1.09. The van der Waals surface area contributed by atoms with Gasteiger partial charge in [0.25, 0.3) is 0 Å². The van der Waals surface area contributed by atoms with E-state index >= 15 is 0 Å². The van der Waals surface area contributed by atoms with Crippen LogP contribution in [-0.4, -0.2) is 55.2 Å². The SMILES string of the molecule is COc1cccc(N2CCN(C(=O)[C@@H]3[C@H](C(=O)O)[C@H]4C=C[C@H]3C4)CC2)c1. The van der Waals surface area contributed by atoms with Crippen molar-refractivity contribution in [1.29, 1.82) is 0 Å². The number of hydrogen-bond donors (Lipinski definition) is 1. The van der Waals surface area contributed by atoms with Crippen molar-refractivity contribution >= 4 is 17.6 Å². The van der Waals surface area contributed by atoms with Crippen LogP contribution in [0, 0.1) is 23.7 Å². The molecule has 0 unspecified atom stereocenters. The number of methoxy groups -OCH3 is 1. The summed E-state index contributed by atoms with van der Waals surface area (Å²) in [6.45, 7) is 2.74. The smallest absolute Gasteiger partial charge is 0.307 e. The highest BCUT2D eigenvalue weighted by atomic mass is 16.5. The number of carbonyl (C=O) groups excluding carboxylic acids is 1. The average molecular weight is 356 g/mol. The molecule has 2 fully saturated rings. The molecule has 4 atom stereocenters. The minimum Gasteiger partial charge on any atom is -0.497 e. The summed E-state index contributed by atoms with van der Waals surface area (Å²) in [7, 11) is 1.65. The molecule has 1 saturated heterocycles. The zero-order valence-corrected chi connectivity index (χ0v) is 14.9. The van der Waals surface area contributed by atoms with Gasteiger partial charge < -0.3 is 19.6 Å². The maximum Gasteiger partial charge on any atom is 0.307 e. The highest BCUT2D eigenvalue weighted by Gasteiger charge is 2.52. The Morgan fingerprint density at radius 2 is 1.77 bits per heavy atom. The van der Waals surface area contributed by atoms with Gasteiger partial charge in [-0.05, 0) is 30.4 Å². The number of nitrogens with zero attached hydrogens (tertiary/aromatic N) is 2. The topological polar surface area (TPSA) is 70.1 Å². The van der Waals surface area contributed by atoms with Gasteiger partial charge in [-0.2, -0.15) is 0 Å². The standard InChI is InChI=1S/C20H24N2O4/c1-26-16-4-2-3-15(12-16)21-7-9-22(10-8-21)19(23)17-13-5-6-14(11-13)18(17)20(24)25/h2-6,12-14,17-18H,7-11H2,1H3,(H,24,25)/t13-,14-,17-,18+/m0/s1. The third-order valence-corrected chi connectivity index (χ3v) is 6.04. The summed E-state index contributed by atoms with van der Waals surface area (Å²) in [6.07, 6.45) is 4.82. The lowest BCUT2D eigenvalue weighted by atomic mass is 9.82. The number of carboxylic acid groups (broad SMARTS) is 1. The second-order valence-corrected chi connectivity index (χ2v) is 7.35. The molecule has 0 aromatic heterocycles. The Hall–Kier alpha value is -2.50. The third kappa shape index (κ3) is 2.83. The van der Waals surface area contributed by atoms with Crippen LogP contribution in [0.25, 0.3) is 0 Å². The molecular formula is C20H24N2O4. The van der Waals surface area contributed by atoms with Crippen molar-refractivity contribution in [1.82, 2.24) is 4.90 Å². The van der Waals surface area contributed by atoms with Crippen LogP contribution >= 0.6 is 0 Å². The second-order valence-electron chi connectivity index (χ2n) is 7.35. The molecule has 2 aliphatic carbocycles. The van der Waals surface area contributed by atoms with Crippen LogP contribution in [0.1, 0.15) is 6.42 Å². The molecule has 2 bridgehead atoms. The van der Waals surface area contributed by atoms with Gasteiger partial charge in [0.15, 0.2) is 0 Å². The van der Waals surface area contributed by atoms with Crippen molar-refractivity contribution in [3.8, 4) is 5.75 Å². The number of benzene rings is 1. The molecule has 1 aliphatic heterocycles. The average Bonchev–Trinajstić information content (AvgIpc) is 3.29. The van der Waals surface area contributed by atoms with E-state index in [1.807, 2.05) is 41.3 Å². The third-order valence-electron chi connectivity index (χ3n) is 6.04. The first-order chi connectivity index (χ1) is 12.6. The number of hydrogen-bond acceptors (Lipinski definition) is 4. The Balaban J connectivity index is 1.42. The van der Waals surface area contributed by atoms with Crippen molar-refractivity contribution in [2.45, 2.75) is 6.42 Å². The van der Waals surface area contributed by atoms with Gasteiger partial charge in [0.1, 0.15) is 5.75 Å². The van der Waals surface area contributed by atoms with Crippen molar-refractivity contribution in [3.05, 3.63) is 36.4 Å². The molecule has 0 radical (unpaired) electrons. The number of ether oxygens (including phenoxy) is 1. The van der Waals surface area contributed by atoms with Crippen molar-refractivity contribution in [3.63, 3.8) is 0 Å². The number of aliphatic carboxylic acids is 1. The molecular weight excluding hydrogens is 332 g/mol. The molecule has 1 aromatic rings. The van der Waals surface area contributed by atoms with Crippen molar-refractivity contribution in [2.75, 3.05) is 38.2 Å². The second kappa shape index (κ2) is 6.67. The largest absolute Gasteiger partial charge is 0.497 e. The first kappa shape index (κ1) is 16.9. The Labute approximate surface area is 153 Å². The molecule has 3 aliphatic rings. The molecule has 1 N–H and O–H groups in total. The molecule has 1 amide bonds. The van der Waals surface area contributed by atoms with E-state index in [2.05, 4.69) is 4.90 Å². The first-order valence-corrected chi connectivity index (χ1v) is 9.17. The van der Waals surface area contributed by atoms with E-state index in [1.54, 1.807) is 7.11 Å². The fraction of sp³-hybridized carbons (Fsp3) is 0.500. The zero-order chi connectivity index (χ0) is 18.3. The van der Waals surface area contributed by atoms with Gasteiger partial charge >= 0.3 is 5.97 Å². The lowest BCUT2D eigenvalue weighted by Gasteiger charge is -2.38. The van der Waals surface area contributed by atoms with Crippen molar-refractivity contribution < 1.29 is 19.4 Å². The summed E-state index contributed by atoms with van der Waals surface area (Å²) >= 11 is 0. The summed E-state index contributed by atoms with van der Waals surface area (Å²) in [6, 6.07) is 7.92. The van der Waals surface area contributed by atoms with Gasteiger partial charge in [0.2, 0.25) is 5.91 Å². The monoisotopic (exact) mass is 356 g/mol. The van der Waals surface area contributed by atoms with Gasteiger partial charge in [0, 0.05) is 37.9 Å². The Morgan fingerprint density at radius 3 is 2.42 bits per heavy atom. The molecule has 1 aromatic carbocycles. The van der Waals surface area contributed by atoms with Crippen LogP contribution in [0.5, 0.6) is 5.75 Å². The van der Waals surface area contributed by atoms with E-state index in [0.717, 1.165) is 30.9 Å². The Morgan fingerprint density at radius 1 is 1.08 bits per heavy atom. The minimum absolute atomic E-state index is 0.0135. The molecule has 6 nitrogen and oxygen atoms in total. The van der Waals surface area contributed by atoms with Crippen LogP contribution in [0.15, 0.2) is 36.4 Å². The Bertz CT molecular complexity index is 739. The number of anilines is 1. The normalized spacial score (nSPS) is 29.9. The van der Waals surface area contributed by atoms with Crippen LogP contribution in [0.3, 0.4) is 0 Å². The van der Waals surface area contributed by atoms with Crippen molar-refractivity contribution in [2.24, 2.45) is 23.7 Å². The lowest BCUT2D eigenvalue weighted by Crippen LogP contribution is -2.52. The van der Waals surface area contributed by atoms with E-state index in [1.165, 1.54) is 0 Å². The number of amides is 1. The number of rotatable bonds is 4. The minimum atomic E-state index is -0.838. The summed E-state index contributed by atoms with van der Waals surface area (Å²) in [5.74, 6) is -0.858. The number of fused-ring (bicyclic) bond motifs is 2. The highest BCUT2D eigenvalue weighted by Crippen LogP contribution is 2.48. The molecule has 1 heterocycles. The number of carbonyl (C=O) groups is 2. The summed E-state index contributed by atoms with van der Waals surface area (Å²) in [4.78, 5) is 28.8. The first-order valence-electron chi connectivity index (χ1n) is 9.17. The van der Waals surface area contributed by atoms with E-state index in [4.69, 9.17) is 4.74 Å². The maximum absolute atomic E-state index is 13.0. The fourth-order valence-corrected chi connectivity index (χ4v) is 4.70. The maximum atomic E-state index is 13.0. The van der Waals surface area contributed by atoms with Crippen LogP contribution in [-0.2, 0) is 9.59 Å². The Kier molecular flexibility index (Phi) is 4.34. The summed E-state index contributed by atoms with van der Waals surface area (Å²) in [5, 5.41) is 9.57. The highest BCUT2D eigenvalue weighted by molar-refractivity contribution is 5.87. The van der Waals surface area contributed by atoms with Gasteiger partial charge in [0.05, 0.1) is 18.9 Å². The predicted molar refractivity (Wildman–Crippen MR) is 97.1 cm³/mol. The van der Waals surface area contributed by atoms with Gasteiger partial charge in [-0.3, -0.25) is 9.59 Å². The molecule has 138 valence electrons. The van der Waals surface area contributed by atoms with E-state index < -0.39 is 17.8 Å². The van der Waals surface area contributed by atoms with E-state index in [0.29, 0.717) is 13.1 Å². The number of piperazine rings is 1. The summed E-state index contributed by atoms with van der Waals surface area (Å²) < 4.78 is 5.28. The molecule has 6 heteroatoms. The van der Waals surface area contributed by atoms with Gasteiger partial charge in [-0.1, -0.05) is 18.2 Å². The van der Waals surface area contributed by atoms with E-state index in [9.17, 15) is 14.7 Å². The lowest BCUT2D eigenvalue weighted by molar-refractivity contribution is -0.151. The van der Waals surface area contributed by atoms with Crippen LogP contribution in [0.2, 0.25) is 0 Å².